The van der Waals surface area contributed by atoms with Crippen LogP contribution in [0.4, 0.5) is 0 Å². The number of allylic oxidation sites excluding steroid dienone is 1. The van der Waals surface area contributed by atoms with E-state index >= 15 is 0 Å². The van der Waals surface area contributed by atoms with Gasteiger partial charge in [0.25, 0.3) is 5.91 Å². The lowest BCUT2D eigenvalue weighted by Crippen LogP contribution is -2.22. The Morgan fingerprint density at radius 2 is 1.95 bits per heavy atom. The summed E-state index contributed by atoms with van der Waals surface area (Å²) in [4.78, 5) is 37.1. The Kier molecular flexibility index (Phi) is 5.83. The van der Waals surface area contributed by atoms with E-state index in [-0.39, 0.29) is 24.6 Å². The lowest BCUT2D eigenvalue weighted by atomic mass is 9.84. The average molecular weight is 525 g/mol. The van der Waals surface area contributed by atoms with Crippen LogP contribution in [0.5, 0.6) is 23.0 Å². The van der Waals surface area contributed by atoms with E-state index in [1.165, 1.54) is 0 Å². The summed E-state index contributed by atoms with van der Waals surface area (Å²) in [6, 6.07) is 16.0. The molecule has 2 aliphatic rings. The second-order valence-corrected chi connectivity index (χ2v) is 9.43. The van der Waals surface area contributed by atoms with Gasteiger partial charge in [0, 0.05) is 41.2 Å². The molecule has 0 aliphatic carbocycles. The smallest absolute Gasteiger partial charge is 0.312 e. The van der Waals surface area contributed by atoms with E-state index in [0.29, 0.717) is 34.1 Å². The Labute approximate surface area is 223 Å². The number of carbonyl (C=O) groups excluding carboxylic acids is 3. The minimum absolute atomic E-state index is 0.0441. The molecule has 0 bridgehead atoms. The molecule has 0 unspecified atom stereocenters. The molecule has 6 rings (SSSR count). The molecule has 0 fully saturated rings. The molecule has 196 valence electrons. The number of methoxy groups -OCH3 is 1. The number of rotatable bonds is 6. The number of amides is 1. The van der Waals surface area contributed by atoms with E-state index < -0.39 is 17.8 Å². The molecular formula is C30H24N2O7. The molecule has 0 spiro atoms. The molecule has 2 aliphatic heterocycles. The number of hydrogen-bond donors (Lipinski definition) is 1. The number of Topliss-reactive ketones (excluding diaryl/α,β-unsaturated/α-hetero) is 1. The fourth-order valence-corrected chi connectivity index (χ4v) is 5.15. The summed E-state index contributed by atoms with van der Waals surface area (Å²) >= 11 is 0. The highest BCUT2D eigenvalue weighted by atomic mass is 16.5. The molecule has 1 aromatic heterocycles. The van der Waals surface area contributed by atoms with E-state index in [0.717, 1.165) is 22.0 Å². The first-order valence-electron chi connectivity index (χ1n) is 12.3. The van der Waals surface area contributed by atoms with Crippen molar-refractivity contribution >= 4 is 34.6 Å². The van der Waals surface area contributed by atoms with E-state index in [9.17, 15) is 14.4 Å². The van der Waals surface area contributed by atoms with Gasteiger partial charge < -0.3 is 29.2 Å². The summed E-state index contributed by atoms with van der Waals surface area (Å²) in [5.41, 5.74) is 8.74. The van der Waals surface area contributed by atoms with Crippen molar-refractivity contribution in [1.29, 1.82) is 0 Å². The third-order valence-electron chi connectivity index (χ3n) is 6.94. The predicted octanol–water partition coefficient (Wildman–Crippen LogP) is 4.11. The zero-order chi connectivity index (χ0) is 27.3. The molecule has 9 heteroatoms. The largest absolute Gasteiger partial charge is 0.497 e. The molecule has 4 aromatic rings. The van der Waals surface area contributed by atoms with E-state index in [1.807, 2.05) is 42.1 Å². The number of aryl methyl sites for hydroxylation is 1. The zero-order valence-corrected chi connectivity index (χ0v) is 21.2. The van der Waals surface area contributed by atoms with Gasteiger partial charge in [0.1, 0.15) is 23.0 Å². The number of primary amides is 1. The second-order valence-electron chi connectivity index (χ2n) is 9.43. The molecule has 2 N–H and O–H groups in total. The maximum Gasteiger partial charge on any atom is 0.312 e. The topological polar surface area (TPSA) is 119 Å². The van der Waals surface area contributed by atoms with Gasteiger partial charge >= 0.3 is 5.97 Å². The van der Waals surface area contributed by atoms with Crippen LogP contribution in [-0.2, 0) is 16.6 Å². The molecule has 39 heavy (non-hydrogen) atoms. The van der Waals surface area contributed by atoms with Crippen molar-refractivity contribution in [2.75, 3.05) is 13.7 Å². The number of fused-ring (bicyclic) bond motifs is 4. The normalized spacial score (nSPS) is 17.0. The summed E-state index contributed by atoms with van der Waals surface area (Å²) in [7, 11) is 3.54. The van der Waals surface area contributed by atoms with Crippen LogP contribution in [0, 0.1) is 0 Å². The Morgan fingerprint density at radius 3 is 2.74 bits per heavy atom. The van der Waals surface area contributed by atoms with Crippen molar-refractivity contribution in [3.63, 3.8) is 0 Å². The third-order valence-corrected chi connectivity index (χ3v) is 6.94. The van der Waals surface area contributed by atoms with Crippen molar-refractivity contribution in [3.8, 4) is 23.0 Å². The number of ether oxygens (including phenoxy) is 4. The second kappa shape index (κ2) is 9.36. The molecular weight excluding hydrogens is 500 g/mol. The molecule has 3 aromatic carbocycles. The van der Waals surface area contributed by atoms with Crippen LogP contribution >= 0.6 is 0 Å². The van der Waals surface area contributed by atoms with E-state index in [4.69, 9.17) is 24.7 Å². The van der Waals surface area contributed by atoms with E-state index in [1.54, 1.807) is 43.5 Å². The van der Waals surface area contributed by atoms with Gasteiger partial charge in [-0.2, -0.15) is 0 Å². The minimum Gasteiger partial charge on any atom is -0.497 e. The van der Waals surface area contributed by atoms with Crippen LogP contribution < -0.4 is 24.7 Å². The Bertz CT molecular complexity index is 1720. The number of esters is 1. The number of benzene rings is 3. The highest BCUT2D eigenvalue weighted by molar-refractivity contribution is 6.15. The number of nitrogens with zero attached hydrogens (tertiary/aromatic N) is 1. The maximum absolute atomic E-state index is 13.5. The quantitative estimate of drug-likeness (QED) is 0.229. The van der Waals surface area contributed by atoms with Gasteiger partial charge in [-0.1, -0.05) is 12.1 Å². The SMILES string of the molecule is COc1ccc2c(c1)c(/C=C1\Oc3c(ccc4c3[C@H](c3cccc(OCC(N)=O)c3)CC(=O)O4)C1=O)cn2C. The minimum atomic E-state index is -0.597. The predicted molar refractivity (Wildman–Crippen MR) is 142 cm³/mol. The van der Waals surface area contributed by atoms with Crippen LogP contribution in [0.3, 0.4) is 0 Å². The summed E-state index contributed by atoms with van der Waals surface area (Å²) in [6.07, 6.45) is 3.69. The van der Waals surface area contributed by atoms with Gasteiger partial charge in [0.15, 0.2) is 12.4 Å². The zero-order valence-electron chi connectivity index (χ0n) is 21.2. The van der Waals surface area contributed by atoms with Gasteiger partial charge in [-0.05, 0) is 54.1 Å². The van der Waals surface area contributed by atoms with Crippen LogP contribution in [-0.4, -0.2) is 35.9 Å². The van der Waals surface area contributed by atoms with Crippen molar-refractivity contribution in [3.05, 3.63) is 88.8 Å². The van der Waals surface area contributed by atoms with Gasteiger partial charge in [0.2, 0.25) is 5.78 Å². The fraction of sp³-hybridized carbons (Fsp3) is 0.167. The van der Waals surface area contributed by atoms with Crippen LogP contribution in [0.2, 0.25) is 0 Å². The summed E-state index contributed by atoms with van der Waals surface area (Å²) in [5, 5.41) is 0.915. The van der Waals surface area contributed by atoms with Crippen molar-refractivity contribution in [2.45, 2.75) is 12.3 Å². The highest BCUT2D eigenvalue weighted by Crippen LogP contribution is 2.49. The Hall–Kier alpha value is -5.05. The third kappa shape index (κ3) is 4.27. The first-order valence-corrected chi connectivity index (χ1v) is 12.3. The van der Waals surface area contributed by atoms with Gasteiger partial charge in [-0.15, -0.1) is 0 Å². The standard InChI is InChI=1S/C30H24N2O7/c1-32-14-17(21-12-18(36-2)6-8-23(21)32)11-25-29(35)20-7-9-24-28(30(20)39-25)22(13-27(34)38-24)16-4-3-5-19(10-16)37-15-26(31)33/h3-12,14,22H,13,15H2,1-2H3,(H2,31,33)/b25-11-/t22-/m0/s1. The summed E-state index contributed by atoms with van der Waals surface area (Å²) in [6.45, 7) is -0.270. The molecule has 9 nitrogen and oxygen atoms in total. The molecule has 1 amide bonds. The highest BCUT2D eigenvalue weighted by Gasteiger charge is 2.38. The molecule has 0 radical (unpaired) electrons. The van der Waals surface area contributed by atoms with Gasteiger partial charge in [0.05, 0.1) is 19.1 Å². The number of carbonyl (C=O) groups is 3. The van der Waals surface area contributed by atoms with Crippen LogP contribution in [0.1, 0.15) is 39.4 Å². The van der Waals surface area contributed by atoms with Crippen LogP contribution in [0.15, 0.2) is 66.6 Å². The van der Waals surface area contributed by atoms with Gasteiger partial charge in [-0.25, -0.2) is 0 Å². The number of aromatic nitrogens is 1. The molecule has 0 saturated carbocycles. The van der Waals surface area contributed by atoms with Crippen molar-refractivity contribution in [2.24, 2.45) is 12.8 Å². The number of nitrogens with two attached hydrogens (primary N) is 1. The van der Waals surface area contributed by atoms with Gasteiger partial charge in [-0.3, -0.25) is 14.4 Å². The van der Waals surface area contributed by atoms with Crippen LogP contribution in [0.25, 0.3) is 17.0 Å². The number of ketones is 1. The Morgan fingerprint density at radius 1 is 1.10 bits per heavy atom. The van der Waals surface area contributed by atoms with E-state index in [2.05, 4.69) is 0 Å². The lowest BCUT2D eigenvalue weighted by Gasteiger charge is -2.26. The van der Waals surface area contributed by atoms with Crippen molar-refractivity contribution in [1.82, 2.24) is 4.57 Å². The lowest BCUT2D eigenvalue weighted by molar-refractivity contribution is -0.135. The molecule has 1 atom stereocenters. The monoisotopic (exact) mass is 524 g/mol. The first kappa shape index (κ1) is 24.3. The molecule has 3 heterocycles. The Balaban J connectivity index is 1.41. The average Bonchev–Trinajstić information content (AvgIpc) is 3.42. The molecule has 0 saturated heterocycles. The van der Waals surface area contributed by atoms with Crippen molar-refractivity contribution < 1.29 is 33.3 Å². The fourth-order valence-electron chi connectivity index (χ4n) is 5.15. The summed E-state index contributed by atoms with van der Waals surface area (Å²) in [5.74, 6) is 0.290. The number of hydrogen-bond acceptors (Lipinski definition) is 7. The summed E-state index contributed by atoms with van der Waals surface area (Å²) < 4.78 is 24.6. The first-order chi connectivity index (χ1) is 18.8. The maximum atomic E-state index is 13.5.